The van der Waals surface area contributed by atoms with E-state index in [0.717, 1.165) is 11.6 Å². The predicted octanol–water partition coefficient (Wildman–Crippen LogP) is 2.87. The zero-order valence-electron chi connectivity index (χ0n) is 10.3. The molecular formula is C13H13N3O3. The van der Waals surface area contributed by atoms with Gasteiger partial charge in [-0.05, 0) is 36.8 Å². The maximum absolute atomic E-state index is 10.9. The number of anilines is 1. The van der Waals surface area contributed by atoms with E-state index in [0.29, 0.717) is 5.69 Å². The van der Waals surface area contributed by atoms with E-state index in [2.05, 4.69) is 10.3 Å². The summed E-state index contributed by atoms with van der Waals surface area (Å²) < 4.78 is 0. The average molecular weight is 259 g/mol. The Kier molecular flexibility index (Phi) is 3.61. The molecule has 0 aliphatic heterocycles. The molecular weight excluding hydrogens is 246 g/mol. The van der Waals surface area contributed by atoms with E-state index >= 15 is 0 Å². The number of nitro groups is 1. The van der Waals surface area contributed by atoms with Gasteiger partial charge in [0.15, 0.2) is 0 Å². The van der Waals surface area contributed by atoms with Gasteiger partial charge in [-0.15, -0.1) is 0 Å². The van der Waals surface area contributed by atoms with Crippen LogP contribution in [0.5, 0.6) is 5.75 Å². The summed E-state index contributed by atoms with van der Waals surface area (Å²) in [7, 11) is 0. The summed E-state index contributed by atoms with van der Waals surface area (Å²) in [5.74, 6) is -0.131. The van der Waals surface area contributed by atoms with E-state index in [9.17, 15) is 15.2 Å². The van der Waals surface area contributed by atoms with Crippen LogP contribution in [0.3, 0.4) is 0 Å². The van der Waals surface area contributed by atoms with Crippen LogP contribution in [-0.2, 0) is 0 Å². The van der Waals surface area contributed by atoms with Gasteiger partial charge in [-0.3, -0.25) is 15.1 Å². The third kappa shape index (κ3) is 2.98. The first-order chi connectivity index (χ1) is 9.08. The predicted molar refractivity (Wildman–Crippen MR) is 71.0 cm³/mol. The normalized spacial score (nSPS) is 11.8. The summed E-state index contributed by atoms with van der Waals surface area (Å²) in [6, 6.07) is 7.60. The summed E-state index contributed by atoms with van der Waals surface area (Å²) in [6.07, 6.45) is 3.33. The molecule has 0 amide bonds. The first-order valence-corrected chi connectivity index (χ1v) is 5.72. The second-order valence-corrected chi connectivity index (χ2v) is 4.11. The molecule has 0 bridgehead atoms. The number of nitrogens with one attached hydrogen (secondary N) is 1. The number of phenols is 1. The second-order valence-electron chi connectivity index (χ2n) is 4.11. The van der Waals surface area contributed by atoms with Crippen molar-refractivity contribution >= 4 is 11.4 Å². The number of hydrogen-bond donors (Lipinski definition) is 2. The standard InChI is InChI=1S/C13H13N3O3/c1-9(10-4-6-14-7-5-10)15-12-3-2-11(17)8-13(12)16(18)19/h2-9,15,17H,1H3. The summed E-state index contributed by atoms with van der Waals surface area (Å²) >= 11 is 0. The summed E-state index contributed by atoms with van der Waals surface area (Å²) in [5, 5.41) is 23.3. The molecule has 19 heavy (non-hydrogen) atoms. The van der Waals surface area contributed by atoms with Crippen LogP contribution >= 0.6 is 0 Å². The number of phenolic OH excluding ortho intramolecular Hbond substituents is 1. The largest absolute Gasteiger partial charge is 0.508 e. The van der Waals surface area contributed by atoms with Crippen LogP contribution in [-0.4, -0.2) is 15.0 Å². The van der Waals surface area contributed by atoms with Crippen molar-refractivity contribution in [1.82, 2.24) is 4.98 Å². The molecule has 1 unspecified atom stereocenters. The van der Waals surface area contributed by atoms with E-state index < -0.39 is 4.92 Å². The van der Waals surface area contributed by atoms with Gasteiger partial charge in [-0.2, -0.15) is 0 Å². The molecule has 0 saturated heterocycles. The zero-order valence-corrected chi connectivity index (χ0v) is 10.3. The Morgan fingerprint density at radius 2 is 2.00 bits per heavy atom. The molecule has 2 N–H and O–H groups in total. The topological polar surface area (TPSA) is 88.3 Å². The van der Waals surface area contributed by atoms with Crippen LogP contribution in [0.1, 0.15) is 18.5 Å². The molecule has 1 atom stereocenters. The molecule has 6 nitrogen and oxygen atoms in total. The maximum Gasteiger partial charge on any atom is 0.296 e. The minimum Gasteiger partial charge on any atom is -0.508 e. The number of benzene rings is 1. The minimum absolute atomic E-state index is 0.105. The Bertz CT molecular complexity index is 587. The fourth-order valence-electron chi connectivity index (χ4n) is 1.76. The van der Waals surface area contributed by atoms with Gasteiger partial charge in [0.05, 0.1) is 11.0 Å². The van der Waals surface area contributed by atoms with Crippen LogP contribution in [0.15, 0.2) is 42.7 Å². The lowest BCUT2D eigenvalue weighted by Crippen LogP contribution is -2.08. The number of aromatic hydroxyl groups is 1. The quantitative estimate of drug-likeness (QED) is 0.500. The molecule has 6 heteroatoms. The number of rotatable bonds is 4. The number of nitrogens with zero attached hydrogens (tertiary/aromatic N) is 2. The van der Waals surface area contributed by atoms with Crippen LogP contribution in [0.2, 0.25) is 0 Å². The molecule has 0 aliphatic rings. The van der Waals surface area contributed by atoms with Crippen molar-refractivity contribution in [2.24, 2.45) is 0 Å². The summed E-state index contributed by atoms with van der Waals surface area (Å²) in [4.78, 5) is 14.3. The van der Waals surface area contributed by atoms with Crippen molar-refractivity contribution in [2.75, 3.05) is 5.32 Å². The number of aromatic nitrogens is 1. The second kappa shape index (κ2) is 5.34. The molecule has 2 aromatic rings. The van der Waals surface area contributed by atoms with E-state index in [1.165, 1.54) is 12.1 Å². The van der Waals surface area contributed by atoms with Crippen LogP contribution in [0.25, 0.3) is 0 Å². The third-order valence-corrected chi connectivity index (χ3v) is 2.76. The molecule has 2 rings (SSSR count). The Labute approximate surface area is 109 Å². The highest BCUT2D eigenvalue weighted by atomic mass is 16.6. The van der Waals surface area contributed by atoms with Crippen LogP contribution < -0.4 is 5.32 Å². The number of nitro benzene ring substituents is 1. The monoisotopic (exact) mass is 259 g/mol. The lowest BCUT2D eigenvalue weighted by Gasteiger charge is -2.15. The Hall–Kier alpha value is -2.63. The van der Waals surface area contributed by atoms with Gasteiger partial charge in [0.2, 0.25) is 0 Å². The maximum atomic E-state index is 10.9. The van der Waals surface area contributed by atoms with Crippen molar-refractivity contribution in [3.63, 3.8) is 0 Å². The van der Waals surface area contributed by atoms with Gasteiger partial charge >= 0.3 is 0 Å². The molecule has 0 aliphatic carbocycles. The van der Waals surface area contributed by atoms with E-state index in [1.54, 1.807) is 12.4 Å². The fourth-order valence-corrected chi connectivity index (χ4v) is 1.76. The first kappa shape index (κ1) is 12.8. The van der Waals surface area contributed by atoms with Crippen LogP contribution in [0, 0.1) is 10.1 Å². The molecule has 1 heterocycles. The molecule has 0 radical (unpaired) electrons. The molecule has 1 aromatic carbocycles. The smallest absolute Gasteiger partial charge is 0.296 e. The third-order valence-electron chi connectivity index (χ3n) is 2.76. The summed E-state index contributed by atoms with van der Waals surface area (Å²) in [5.41, 5.74) is 1.19. The van der Waals surface area contributed by atoms with Crippen molar-refractivity contribution < 1.29 is 10.0 Å². The lowest BCUT2D eigenvalue weighted by atomic mass is 10.1. The van der Waals surface area contributed by atoms with Crippen molar-refractivity contribution in [3.8, 4) is 5.75 Å². The summed E-state index contributed by atoms with van der Waals surface area (Å²) in [6.45, 7) is 1.89. The Morgan fingerprint density at radius 1 is 1.32 bits per heavy atom. The van der Waals surface area contributed by atoms with E-state index in [4.69, 9.17) is 0 Å². The first-order valence-electron chi connectivity index (χ1n) is 5.72. The van der Waals surface area contributed by atoms with Crippen LogP contribution in [0.4, 0.5) is 11.4 Å². The molecule has 0 spiro atoms. The van der Waals surface area contributed by atoms with Gasteiger partial charge < -0.3 is 10.4 Å². The number of pyridine rings is 1. The van der Waals surface area contributed by atoms with E-state index in [1.807, 2.05) is 19.1 Å². The highest BCUT2D eigenvalue weighted by molar-refractivity contribution is 5.64. The van der Waals surface area contributed by atoms with Gasteiger partial charge in [-0.1, -0.05) is 0 Å². The Balaban J connectivity index is 2.26. The van der Waals surface area contributed by atoms with Gasteiger partial charge in [0, 0.05) is 18.4 Å². The molecule has 0 saturated carbocycles. The SMILES string of the molecule is CC(Nc1ccc(O)cc1[N+](=O)[O-])c1ccncc1. The molecule has 0 fully saturated rings. The Morgan fingerprint density at radius 3 is 2.63 bits per heavy atom. The van der Waals surface area contributed by atoms with Gasteiger partial charge in [0.1, 0.15) is 11.4 Å². The highest BCUT2D eigenvalue weighted by Crippen LogP contribution is 2.31. The lowest BCUT2D eigenvalue weighted by molar-refractivity contribution is -0.384. The molecule has 1 aromatic heterocycles. The van der Waals surface area contributed by atoms with Crippen molar-refractivity contribution in [2.45, 2.75) is 13.0 Å². The number of hydrogen-bond acceptors (Lipinski definition) is 5. The van der Waals surface area contributed by atoms with Gasteiger partial charge in [0.25, 0.3) is 5.69 Å². The minimum atomic E-state index is -0.526. The van der Waals surface area contributed by atoms with E-state index in [-0.39, 0.29) is 17.5 Å². The van der Waals surface area contributed by atoms with Gasteiger partial charge in [-0.25, -0.2) is 0 Å². The fraction of sp³-hybridized carbons (Fsp3) is 0.154. The van der Waals surface area contributed by atoms with Crippen molar-refractivity contribution in [1.29, 1.82) is 0 Å². The van der Waals surface area contributed by atoms with Crippen molar-refractivity contribution in [3.05, 3.63) is 58.4 Å². The zero-order chi connectivity index (χ0) is 13.8. The highest BCUT2D eigenvalue weighted by Gasteiger charge is 2.16. The average Bonchev–Trinajstić information content (AvgIpc) is 2.41. The molecule has 98 valence electrons.